The van der Waals surface area contributed by atoms with E-state index >= 15 is 0 Å². The van der Waals surface area contributed by atoms with Gasteiger partial charge in [0.2, 0.25) is 0 Å². The molecule has 0 fully saturated rings. The van der Waals surface area contributed by atoms with Gasteiger partial charge in [-0.1, -0.05) is 60.1 Å². The molecular formula is C26H20Cl2N3NaO6S. The van der Waals surface area contributed by atoms with E-state index in [1.54, 1.807) is 43.3 Å². The number of rotatable bonds is 7. The summed E-state index contributed by atoms with van der Waals surface area (Å²) in [5, 5.41) is 25.4. The number of azo groups is 1. The zero-order valence-electron chi connectivity index (χ0n) is 21.0. The van der Waals surface area contributed by atoms with E-state index in [4.69, 9.17) is 27.9 Å². The Balaban J connectivity index is 0.00000420. The van der Waals surface area contributed by atoms with E-state index in [1.807, 2.05) is 0 Å². The first kappa shape index (κ1) is 30.8. The number of methoxy groups -OCH3 is 1. The summed E-state index contributed by atoms with van der Waals surface area (Å²) in [4.78, 5) is 12.8. The summed E-state index contributed by atoms with van der Waals surface area (Å²) >= 11 is 12.2. The van der Waals surface area contributed by atoms with E-state index in [0.717, 1.165) is 0 Å². The van der Waals surface area contributed by atoms with E-state index in [2.05, 4.69) is 15.5 Å². The molecule has 0 saturated heterocycles. The van der Waals surface area contributed by atoms with Crippen LogP contribution in [0, 0.1) is 0 Å². The quantitative estimate of drug-likeness (QED) is 0.189. The molecule has 9 nitrogen and oxygen atoms in total. The van der Waals surface area contributed by atoms with Gasteiger partial charge in [-0.15, -0.1) is 0 Å². The molecule has 2 N–H and O–H groups in total. The molecule has 4 rings (SSSR count). The first-order valence-electron chi connectivity index (χ1n) is 11.1. The molecule has 0 aliphatic carbocycles. The van der Waals surface area contributed by atoms with Gasteiger partial charge in [-0.3, -0.25) is 9.35 Å². The Bertz CT molecular complexity index is 1710. The fourth-order valence-corrected chi connectivity index (χ4v) is 5.43. The molecule has 39 heavy (non-hydrogen) atoms. The molecule has 1 amide bonds. The van der Waals surface area contributed by atoms with Gasteiger partial charge in [0.05, 0.1) is 29.2 Å². The van der Waals surface area contributed by atoms with Crippen LogP contribution in [0.2, 0.25) is 10.0 Å². The van der Waals surface area contributed by atoms with Crippen molar-refractivity contribution in [2.75, 3.05) is 12.4 Å². The number of ether oxygens (including phenoxy) is 1. The maximum absolute atomic E-state index is 13.4. The van der Waals surface area contributed by atoms with E-state index in [0.29, 0.717) is 21.5 Å². The molecule has 0 unspecified atom stereocenters. The van der Waals surface area contributed by atoms with Crippen LogP contribution in [-0.2, 0) is 16.5 Å². The third kappa shape index (κ3) is 6.72. The zero-order valence-corrected chi connectivity index (χ0v) is 25.4. The second kappa shape index (κ2) is 12.6. The van der Waals surface area contributed by atoms with Gasteiger partial charge in [0, 0.05) is 16.0 Å². The molecule has 0 bridgehead atoms. The molecule has 0 saturated carbocycles. The van der Waals surface area contributed by atoms with Crippen molar-refractivity contribution in [3.63, 3.8) is 0 Å². The maximum atomic E-state index is 13.4. The van der Waals surface area contributed by atoms with Crippen LogP contribution in [0.4, 0.5) is 17.1 Å². The number of halogens is 2. The molecule has 0 atom stereocenters. The number of hydrogen-bond donors (Lipinski definition) is 2. The van der Waals surface area contributed by atoms with Crippen molar-refractivity contribution in [2.24, 2.45) is 10.2 Å². The fraction of sp³-hybridized carbons (Fsp3) is 0.115. The minimum Gasteiger partial charge on any atom is -0.870 e. The van der Waals surface area contributed by atoms with Crippen molar-refractivity contribution in [3.05, 3.63) is 81.8 Å². The number of fused-ring (bicyclic) bond motifs is 1. The smallest absolute Gasteiger partial charge is 0.870 e. The van der Waals surface area contributed by atoms with E-state index < -0.39 is 26.7 Å². The Hall–Kier alpha value is -2.70. The molecule has 4 aromatic rings. The Morgan fingerprint density at radius 1 is 1.08 bits per heavy atom. The third-order valence-corrected chi connectivity index (χ3v) is 7.28. The Morgan fingerprint density at radius 2 is 1.79 bits per heavy atom. The summed E-state index contributed by atoms with van der Waals surface area (Å²) in [5.41, 5.74) is 0.375. The van der Waals surface area contributed by atoms with Crippen molar-refractivity contribution in [2.45, 2.75) is 18.2 Å². The van der Waals surface area contributed by atoms with Crippen molar-refractivity contribution < 1.29 is 57.2 Å². The van der Waals surface area contributed by atoms with Gasteiger partial charge in [0.15, 0.2) is 0 Å². The molecule has 0 aliphatic rings. The minimum absolute atomic E-state index is 0. The van der Waals surface area contributed by atoms with Gasteiger partial charge >= 0.3 is 29.6 Å². The Kier molecular flexibility index (Phi) is 10.0. The number of benzene rings is 4. The second-order valence-electron chi connectivity index (χ2n) is 8.07. The predicted octanol–water partition coefficient (Wildman–Crippen LogP) is 3.71. The molecule has 0 heterocycles. The summed E-state index contributed by atoms with van der Waals surface area (Å²) in [6.07, 6.45) is 0.233. The summed E-state index contributed by atoms with van der Waals surface area (Å²) in [7, 11) is -3.12. The van der Waals surface area contributed by atoms with Gasteiger partial charge in [-0.25, -0.2) is 0 Å². The third-order valence-electron chi connectivity index (χ3n) is 5.64. The number of hydrogen-bond acceptors (Lipinski definition) is 7. The van der Waals surface area contributed by atoms with Crippen molar-refractivity contribution >= 4 is 67.1 Å². The van der Waals surface area contributed by atoms with Crippen LogP contribution in [0.5, 0.6) is 11.5 Å². The van der Waals surface area contributed by atoms with Crippen LogP contribution >= 0.6 is 23.2 Å². The Labute approximate surface area is 256 Å². The maximum Gasteiger partial charge on any atom is 1.00 e. The molecule has 196 valence electrons. The topological polar surface area (TPSA) is 140 Å². The summed E-state index contributed by atoms with van der Waals surface area (Å²) in [6, 6.07) is 15.6. The normalized spacial score (nSPS) is 11.4. The van der Waals surface area contributed by atoms with Crippen LogP contribution in [0.1, 0.15) is 22.8 Å². The SMILES string of the molecule is CCc1cc(N=Nc2c([O-])c(C(=O)Nc3cc(Cl)ccc3OC)cc3ccccc23)cc(Cl)c1S(=O)(=O)O.[Na+]. The summed E-state index contributed by atoms with van der Waals surface area (Å²) in [6.45, 7) is 1.68. The average Bonchev–Trinajstić information content (AvgIpc) is 2.86. The van der Waals surface area contributed by atoms with Gasteiger partial charge in [-0.05, 0) is 53.8 Å². The number of amides is 1. The minimum atomic E-state index is -4.56. The molecule has 0 aromatic heterocycles. The number of carbonyl (C=O) groups is 1. The molecule has 4 aromatic carbocycles. The van der Waals surface area contributed by atoms with Gasteiger partial charge in [0.1, 0.15) is 10.6 Å². The molecular weight excluding hydrogens is 576 g/mol. The predicted molar refractivity (Wildman–Crippen MR) is 144 cm³/mol. The first-order valence-corrected chi connectivity index (χ1v) is 13.3. The molecule has 0 radical (unpaired) electrons. The van der Waals surface area contributed by atoms with E-state index in [9.17, 15) is 22.9 Å². The van der Waals surface area contributed by atoms with Crippen molar-refractivity contribution in [1.29, 1.82) is 0 Å². The summed E-state index contributed by atoms with van der Waals surface area (Å²) in [5.74, 6) is -1.03. The van der Waals surface area contributed by atoms with Crippen LogP contribution in [0.25, 0.3) is 10.8 Å². The number of carbonyl (C=O) groups excluding carboxylic acids is 1. The number of nitrogens with one attached hydrogen (secondary N) is 1. The van der Waals surface area contributed by atoms with Gasteiger partial charge < -0.3 is 15.2 Å². The molecule has 0 spiro atoms. The van der Waals surface area contributed by atoms with E-state index in [1.165, 1.54) is 31.4 Å². The molecule has 13 heteroatoms. The number of nitrogens with zero attached hydrogens (tertiary/aromatic N) is 2. The van der Waals surface area contributed by atoms with Crippen LogP contribution < -0.4 is 44.7 Å². The van der Waals surface area contributed by atoms with Crippen LogP contribution in [0.3, 0.4) is 0 Å². The van der Waals surface area contributed by atoms with E-state index in [-0.39, 0.29) is 69.2 Å². The molecule has 0 aliphatic heterocycles. The van der Waals surface area contributed by atoms with Crippen molar-refractivity contribution in [1.82, 2.24) is 0 Å². The number of anilines is 1. The second-order valence-corrected chi connectivity index (χ2v) is 10.3. The largest absolute Gasteiger partial charge is 1.00 e. The monoisotopic (exact) mass is 595 g/mol. The standard InChI is InChI=1S/C26H21Cl2N3O6S.Na/c1-3-14-10-17(13-20(28)25(14)38(34,35)36)30-31-23-18-7-5-4-6-15(18)11-19(24(23)32)26(33)29-21-12-16(27)8-9-22(21)37-2;/h4-13,32H,3H2,1-2H3,(H,29,33)(H,34,35,36);/q;+1/p-1. The fourth-order valence-electron chi connectivity index (χ4n) is 3.90. The Morgan fingerprint density at radius 3 is 2.46 bits per heavy atom. The van der Waals surface area contributed by atoms with Gasteiger partial charge in [0.25, 0.3) is 16.0 Å². The zero-order chi connectivity index (χ0) is 27.6. The van der Waals surface area contributed by atoms with Crippen molar-refractivity contribution in [3.8, 4) is 11.5 Å². The summed E-state index contributed by atoms with van der Waals surface area (Å²) < 4.78 is 38.2. The van der Waals surface area contributed by atoms with Crippen LogP contribution in [0.15, 0.2) is 75.8 Å². The van der Waals surface area contributed by atoms with Gasteiger partial charge in [-0.2, -0.15) is 18.6 Å². The first-order chi connectivity index (χ1) is 18.0. The van der Waals surface area contributed by atoms with Crippen LogP contribution in [-0.4, -0.2) is 26.0 Å². The number of aryl methyl sites for hydroxylation is 1. The average molecular weight is 596 g/mol.